The highest BCUT2D eigenvalue weighted by molar-refractivity contribution is 8.17. The Morgan fingerprint density at radius 1 is 0.862 bits per heavy atom. The van der Waals surface area contributed by atoms with Gasteiger partial charge in [-0.05, 0) is 70.7 Å². The largest absolute Gasteiger partial charge is 0.468 e. The number of rotatable bonds is 9. The van der Waals surface area contributed by atoms with Gasteiger partial charge in [-0.1, -0.05) is 35.4 Å². The van der Waals surface area contributed by atoms with Crippen LogP contribution in [0.25, 0.3) is 0 Å². The van der Waals surface area contributed by atoms with Crippen molar-refractivity contribution in [2.24, 2.45) is 5.92 Å². The van der Waals surface area contributed by atoms with E-state index in [1.807, 2.05) is 0 Å². The number of carbonyl (C=O) groups excluding carboxylic acids is 2. The van der Waals surface area contributed by atoms with Crippen LogP contribution in [0.1, 0.15) is 42.0 Å². The van der Waals surface area contributed by atoms with E-state index in [-0.39, 0.29) is 10.4 Å². The molecule has 156 valence electrons. The van der Waals surface area contributed by atoms with Crippen LogP contribution < -0.4 is 0 Å². The minimum absolute atomic E-state index is 0.136. The molecule has 2 aromatic rings. The van der Waals surface area contributed by atoms with E-state index in [9.17, 15) is 9.59 Å². The van der Waals surface area contributed by atoms with Gasteiger partial charge in [-0.15, -0.1) is 23.5 Å². The van der Waals surface area contributed by atoms with Crippen molar-refractivity contribution in [3.8, 4) is 0 Å². The lowest BCUT2D eigenvalue weighted by Crippen LogP contribution is -2.24. The fourth-order valence-electron chi connectivity index (χ4n) is 3.22. The molecule has 0 radical (unpaired) electrons. The van der Waals surface area contributed by atoms with Gasteiger partial charge in [0.15, 0.2) is 0 Å². The third kappa shape index (κ3) is 6.93. The van der Waals surface area contributed by atoms with Gasteiger partial charge in [0.05, 0.1) is 11.7 Å². The number of esters is 1. The molecule has 0 amide bonds. The maximum atomic E-state index is 12.0. The fourth-order valence-corrected chi connectivity index (χ4v) is 5.89. The number of ether oxygens (including phenoxy) is 1. The van der Waals surface area contributed by atoms with Crippen LogP contribution in [0.4, 0.5) is 0 Å². The van der Waals surface area contributed by atoms with E-state index in [1.54, 1.807) is 23.5 Å². The standard InChI is InChI=1S/C24H30O3S2/c1-15-7-10-21(17(3)13-15)28-23(12-9-20(19(5)25)24(26)27-6)29-22-11-8-16(2)14-18(22)4/h7-8,10-11,13-14,20,23H,9,12H2,1-6H3. The summed E-state index contributed by atoms with van der Waals surface area (Å²) >= 11 is 3.61. The zero-order chi connectivity index (χ0) is 21.6. The summed E-state index contributed by atoms with van der Waals surface area (Å²) in [5.74, 6) is -1.27. The van der Waals surface area contributed by atoms with Crippen molar-refractivity contribution in [1.82, 2.24) is 0 Å². The zero-order valence-corrected chi connectivity index (χ0v) is 19.7. The van der Waals surface area contributed by atoms with E-state index in [0.29, 0.717) is 6.42 Å². The van der Waals surface area contributed by atoms with Crippen molar-refractivity contribution in [3.05, 3.63) is 58.7 Å². The maximum Gasteiger partial charge on any atom is 0.316 e. The number of thioether (sulfide) groups is 2. The van der Waals surface area contributed by atoms with Gasteiger partial charge in [0.1, 0.15) is 11.7 Å². The van der Waals surface area contributed by atoms with E-state index in [0.717, 1.165) is 6.42 Å². The molecular weight excluding hydrogens is 400 g/mol. The molecule has 5 heteroatoms. The SMILES string of the molecule is COC(=O)C(CCC(Sc1ccc(C)cc1C)Sc1ccc(C)cc1C)C(C)=O. The Bertz CT molecular complexity index is 823. The molecular formula is C24H30O3S2. The van der Waals surface area contributed by atoms with E-state index >= 15 is 0 Å². The molecule has 1 atom stereocenters. The Morgan fingerprint density at radius 3 is 1.72 bits per heavy atom. The quantitative estimate of drug-likeness (QED) is 0.202. The molecule has 0 fully saturated rings. The topological polar surface area (TPSA) is 43.4 Å². The normalized spacial score (nSPS) is 12.1. The Morgan fingerprint density at radius 2 is 1.34 bits per heavy atom. The molecule has 0 aliphatic rings. The highest BCUT2D eigenvalue weighted by Gasteiger charge is 2.26. The summed E-state index contributed by atoms with van der Waals surface area (Å²) in [5.41, 5.74) is 4.98. The number of hydrogen-bond donors (Lipinski definition) is 0. The summed E-state index contributed by atoms with van der Waals surface area (Å²) in [6.45, 7) is 9.90. The minimum atomic E-state index is -0.693. The molecule has 1 unspecified atom stereocenters. The molecule has 0 heterocycles. The van der Waals surface area contributed by atoms with Crippen LogP contribution in [-0.4, -0.2) is 23.4 Å². The Labute approximate surface area is 183 Å². The third-order valence-electron chi connectivity index (χ3n) is 4.85. The predicted octanol–water partition coefficient (Wildman–Crippen LogP) is 6.29. The van der Waals surface area contributed by atoms with Gasteiger partial charge in [-0.3, -0.25) is 9.59 Å². The smallest absolute Gasteiger partial charge is 0.316 e. The summed E-state index contributed by atoms with van der Waals surface area (Å²) in [6, 6.07) is 12.9. The first-order valence-electron chi connectivity index (χ1n) is 9.77. The van der Waals surface area contributed by atoms with Gasteiger partial charge >= 0.3 is 5.97 Å². The highest BCUT2D eigenvalue weighted by Crippen LogP contribution is 2.41. The number of hydrogen-bond acceptors (Lipinski definition) is 5. The Kier molecular flexibility index (Phi) is 8.84. The average molecular weight is 431 g/mol. The van der Waals surface area contributed by atoms with E-state index in [4.69, 9.17) is 4.74 Å². The summed E-state index contributed by atoms with van der Waals surface area (Å²) in [4.78, 5) is 26.4. The van der Waals surface area contributed by atoms with Crippen LogP contribution in [0.15, 0.2) is 46.2 Å². The minimum Gasteiger partial charge on any atom is -0.468 e. The van der Waals surface area contributed by atoms with Crippen LogP contribution in [0, 0.1) is 33.6 Å². The van der Waals surface area contributed by atoms with Crippen molar-refractivity contribution in [2.75, 3.05) is 7.11 Å². The molecule has 0 N–H and O–H groups in total. The number of ketones is 1. The van der Waals surface area contributed by atoms with Crippen LogP contribution >= 0.6 is 23.5 Å². The average Bonchev–Trinajstić information content (AvgIpc) is 2.65. The first-order valence-corrected chi connectivity index (χ1v) is 11.5. The number of carbonyl (C=O) groups is 2. The van der Waals surface area contributed by atoms with Gasteiger partial charge in [-0.2, -0.15) is 0 Å². The summed E-state index contributed by atoms with van der Waals surface area (Å²) in [6.07, 6.45) is 1.22. The molecule has 2 rings (SSSR count). The predicted molar refractivity (Wildman–Crippen MR) is 123 cm³/mol. The molecule has 0 saturated carbocycles. The summed E-state index contributed by atoms with van der Waals surface area (Å²) in [5, 5.41) is 0. The number of Topliss-reactive ketones (excluding diaryl/α,β-unsaturated/α-hetero) is 1. The molecule has 2 aromatic carbocycles. The van der Waals surface area contributed by atoms with Crippen molar-refractivity contribution < 1.29 is 14.3 Å². The van der Waals surface area contributed by atoms with Crippen LogP contribution in [0.2, 0.25) is 0 Å². The van der Waals surface area contributed by atoms with E-state index < -0.39 is 11.9 Å². The number of methoxy groups -OCH3 is 1. The van der Waals surface area contributed by atoms with Gasteiger partial charge in [0, 0.05) is 9.79 Å². The molecule has 0 bridgehead atoms. The zero-order valence-electron chi connectivity index (χ0n) is 18.1. The molecule has 3 nitrogen and oxygen atoms in total. The maximum absolute atomic E-state index is 12.0. The number of benzene rings is 2. The highest BCUT2D eigenvalue weighted by atomic mass is 32.2. The summed E-state index contributed by atoms with van der Waals surface area (Å²) < 4.78 is 5.02. The molecule has 0 aromatic heterocycles. The lowest BCUT2D eigenvalue weighted by molar-refractivity contribution is -0.149. The lowest BCUT2D eigenvalue weighted by atomic mass is 10.00. The monoisotopic (exact) mass is 430 g/mol. The van der Waals surface area contributed by atoms with E-state index in [1.165, 1.54) is 46.1 Å². The second-order valence-corrected chi connectivity index (χ2v) is 10.3. The van der Waals surface area contributed by atoms with Crippen LogP contribution in [0.5, 0.6) is 0 Å². The molecule has 0 spiro atoms. The van der Waals surface area contributed by atoms with Crippen LogP contribution in [0.3, 0.4) is 0 Å². The first-order chi connectivity index (χ1) is 13.7. The second-order valence-electron chi connectivity index (χ2n) is 7.47. The Balaban J connectivity index is 2.23. The van der Waals surface area contributed by atoms with Gasteiger partial charge in [0.2, 0.25) is 0 Å². The first kappa shape index (κ1) is 23.6. The second kappa shape index (κ2) is 10.9. The molecule has 0 aliphatic carbocycles. The van der Waals surface area contributed by atoms with Crippen molar-refractivity contribution >= 4 is 35.3 Å². The summed E-state index contributed by atoms with van der Waals surface area (Å²) in [7, 11) is 1.34. The molecule has 0 saturated heterocycles. The van der Waals surface area contributed by atoms with Crippen molar-refractivity contribution in [1.29, 1.82) is 0 Å². The third-order valence-corrected chi connectivity index (χ3v) is 7.84. The van der Waals surface area contributed by atoms with Gasteiger partial charge in [0.25, 0.3) is 0 Å². The van der Waals surface area contributed by atoms with Crippen molar-refractivity contribution in [3.63, 3.8) is 0 Å². The lowest BCUT2D eigenvalue weighted by Gasteiger charge is -2.20. The van der Waals surface area contributed by atoms with Gasteiger partial charge < -0.3 is 4.74 Å². The molecule has 29 heavy (non-hydrogen) atoms. The van der Waals surface area contributed by atoms with Crippen LogP contribution in [-0.2, 0) is 14.3 Å². The Hall–Kier alpha value is -1.72. The number of aryl methyl sites for hydroxylation is 4. The van der Waals surface area contributed by atoms with Crippen molar-refractivity contribution in [2.45, 2.75) is 61.8 Å². The fraction of sp³-hybridized carbons (Fsp3) is 0.417. The van der Waals surface area contributed by atoms with Gasteiger partial charge in [-0.25, -0.2) is 0 Å². The van der Waals surface area contributed by atoms with E-state index in [2.05, 4.69) is 64.1 Å². The molecule has 0 aliphatic heterocycles.